The number of rotatable bonds is 3. The summed E-state index contributed by atoms with van der Waals surface area (Å²) in [7, 11) is 0. The third kappa shape index (κ3) is 12.0. The number of hydrogen-bond donors (Lipinski definition) is 4. The number of esters is 1. The lowest BCUT2D eigenvalue weighted by Gasteiger charge is -2.55. The van der Waals surface area contributed by atoms with Crippen LogP contribution in [0.15, 0.2) is 24.3 Å². The minimum absolute atomic E-state index is 0.130. The molecule has 3 rings (SSSR count). The van der Waals surface area contributed by atoms with Gasteiger partial charge in [-0.05, 0) is 76.0 Å². The molecular weight excluding hydrogens is 700 g/mol. The van der Waals surface area contributed by atoms with E-state index >= 15 is 0 Å². The molecule has 2 bridgehead atoms. The van der Waals surface area contributed by atoms with Gasteiger partial charge in [0.2, 0.25) is 0 Å². The second-order valence-electron chi connectivity index (χ2n) is 18.0. The highest BCUT2D eigenvalue weighted by Gasteiger charge is 2.56. The van der Waals surface area contributed by atoms with Crippen molar-refractivity contribution in [2.24, 2.45) is 59.2 Å². The Hall–Kier alpha value is -1.95. The van der Waals surface area contributed by atoms with E-state index in [9.17, 15) is 34.8 Å². The van der Waals surface area contributed by atoms with Crippen LogP contribution in [0.1, 0.15) is 134 Å². The van der Waals surface area contributed by atoms with E-state index in [2.05, 4.69) is 32.9 Å². The van der Waals surface area contributed by atoms with Gasteiger partial charge >= 0.3 is 5.97 Å². The molecule has 0 radical (unpaired) electrons. The van der Waals surface area contributed by atoms with E-state index in [-0.39, 0.29) is 47.4 Å². The first-order valence-corrected chi connectivity index (χ1v) is 21.5. The van der Waals surface area contributed by atoms with Crippen LogP contribution in [0.4, 0.5) is 0 Å². The van der Waals surface area contributed by atoms with Crippen LogP contribution in [0.2, 0.25) is 0 Å². The summed E-state index contributed by atoms with van der Waals surface area (Å²) >= 11 is 0. The maximum Gasteiger partial charge on any atom is 0.330 e. The number of carbonyl (C=O) groups is 3. The van der Waals surface area contributed by atoms with Crippen LogP contribution < -0.4 is 0 Å². The first-order valence-electron chi connectivity index (χ1n) is 21.5. The van der Waals surface area contributed by atoms with Gasteiger partial charge in [-0.2, -0.15) is 0 Å². The Morgan fingerprint density at radius 1 is 0.764 bits per heavy atom. The Morgan fingerprint density at radius 2 is 1.36 bits per heavy atom. The summed E-state index contributed by atoms with van der Waals surface area (Å²) in [5.41, 5.74) is 0. The van der Waals surface area contributed by atoms with Gasteiger partial charge in [-0.15, -0.1) is 0 Å². The molecule has 3 heterocycles. The van der Waals surface area contributed by atoms with Gasteiger partial charge in [-0.25, -0.2) is 4.79 Å². The van der Waals surface area contributed by atoms with Crippen LogP contribution >= 0.6 is 0 Å². The highest BCUT2D eigenvalue weighted by molar-refractivity contribution is 5.87. The van der Waals surface area contributed by atoms with Crippen LogP contribution in [0.25, 0.3) is 0 Å². The quantitative estimate of drug-likeness (QED) is 0.174. The van der Waals surface area contributed by atoms with Gasteiger partial charge in [0.15, 0.2) is 5.79 Å². The zero-order valence-corrected chi connectivity index (χ0v) is 35.7. The number of aliphatic hydroxyl groups is 4. The zero-order chi connectivity index (χ0) is 41.4. The first-order chi connectivity index (χ1) is 25.8. The summed E-state index contributed by atoms with van der Waals surface area (Å²) in [4.78, 5) is 40.5. The Kier molecular flexibility index (Phi) is 18.3. The Morgan fingerprint density at radius 3 is 1.96 bits per heavy atom. The molecule has 0 saturated carbocycles. The average molecular weight is 777 g/mol. The van der Waals surface area contributed by atoms with Crippen molar-refractivity contribution >= 4 is 17.5 Å². The summed E-state index contributed by atoms with van der Waals surface area (Å²) in [6.07, 6.45) is 9.53. The summed E-state index contributed by atoms with van der Waals surface area (Å²) in [6.45, 7) is 20.3. The van der Waals surface area contributed by atoms with Crippen LogP contribution in [-0.4, -0.2) is 86.5 Å². The van der Waals surface area contributed by atoms with E-state index in [0.717, 1.165) is 44.9 Å². The lowest BCUT2D eigenvalue weighted by molar-refractivity contribution is -0.371. The van der Waals surface area contributed by atoms with Crippen LogP contribution in [-0.2, 0) is 28.6 Å². The zero-order valence-electron chi connectivity index (χ0n) is 35.7. The van der Waals surface area contributed by atoms with Gasteiger partial charge in [-0.3, -0.25) is 9.59 Å². The van der Waals surface area contributed by atoms with E-state index < -0.39 is 71.9 Å². The Balaban J connectivity index is 1.94. The van der Waals surface area contributed by atoms with Crippen LogP contribution in [0.5, 0.6) is 0 Å². The van der Waals surface area contributed by atoms with Crippen molar-refractivity contribution in [1.82, 2.24) is 0 Å². The van der Waals surface area contributed by atoms with Crippen LogP contribution in [0, 0.1) is 59.2 Å². The standard InChI is InChI=1S/C45H76O10/c1-12-35-17-15-13-14-16-26(3)39(48)30(7)41(50)32(9)43(52)33(10)42(51)31(8)40(49)27(4)18-21-38(47)53-44-29(6)36(20-19-35)54-45(34(44)11)23-22-25(2)37(55-45)24-28(5)46/h15,17-18,21,25-37,39-40,43-44,46,48-49,52H,12-14,16,19-20,22-24H2,1-11H3/b17-15+,21-18+/t25-,26+,27-,28+,29+,30-,31-,32+,33-,34-,35-,36-,37-,39-,40+,43-,44+,45-/m0/s1. The molecule has 0 aromatic heterocycles. The van der Waals surface area contributed by atoms with Crippen molar-refractivity contribution in [2.45, 2.75) is 182 Å². The second-order valence-corrected chi connectivity index (χ2v) is 18.0. The first kappa shape index (κ1) is 47.4. The maximum atomic E-state index is 13.5. The summed E-state index contributed by atoms with van der Waals surface area (Å²) in [6, 6.07) is 0. The fourth-order valence-electron chi connectivity index (χ4n) is 9.24. The third-order valence-corrected chi connectivity index (χ3v) is 13.7. The van der Waals surface area contributed by atoms with Crippen molar-refractivity contribution in [3.8, 4) is 0 Å². The number of Topliss-reactive ketones (excluding diaryl/α,β-unsaturated/α-hetero) is 2. The third-order valence-electron chi connectivity index (χ3n) is 13.7. The number of allylic oxidation sites excluding steroid dienone is 2. The Bertz CT molecular complexity index is 1300. The topological polar surface area (TPSA) is 160 Å². The molecular formula is C45H76O10. The van der Waals surface area contributed by atoms with Crippen molar-refractivity contribution in [2.75, 3.05) is 0 Å². The normalized spacial score (nSPS) is 45.8. The number of aliphatic hydroxyl groups excluding tert-OH is 4. The molecule has 10 heteroatoms. The molecule has 3 aliphatic heterocycles. The second kappa shape index (κ2) is 21.2. The molecule has 10 nitrogen and oxygen atoms in total. The van der Waals surface area contributed by atoms with Crippen molar-refractivity contribution < 1.29 is 49.0 Å². The van der Waals surface area contributed by atoms with E-state index in [1.807, 2.05) is 13.8 Å². The molecule has 55 heavy (non-hydrogen) atoms. The predicted octanol–water partition coefficient (Wildman–Crippen LogP) is 6.99. The van der Waals surface area contributed by atoms with Gasteiger partial charge in [0, 0.05) is 53.9 Å². The summed E-state index contributed by atoms with van der Waals surface area (Å²) in [5, 5.41) is 43.8. The minimum atomic E-state index is -1.29. The van der Waals surface area contributed by atoms with Gasteiger partial charge in [0.25, 0.3) is 0 Å². The van der Waals surface area contributed by atoms with E-state index in [1.54, 1.807) is 47.6 Å². The summed E-state index contributed by atoms with van der Waals surface area (Å²) in [5.74, 6) is -6.24. The highest BCUT2D eigenvalue weighted by Crippen LogP contribution is 2.49. The van der Waals surface area contributed by atoms with Gasteiger partial charge in [-0.1, -0.05) is 87.5 Å². The van der Waals surface area contributed by atoms with Gasteiger partial charge < -0.3 is 34.6 Å². The molecule has 2 saturated heterocycles. The Labute approximate surface area is 331 Å². The van der Waals surface area contributed by atoms with Crippen molar-refractivity contribution in [3.63, 3.8) is 0 Å². The van der Waals surface area contributed by atoms with Gasteiger partial charge in [0.1, 0.15) is 17.7 Å². The number of hydrogen-bond acceptors (Lipinski definition) is 10. The maximum absolute atomic E-state index is 13.5. The predicted molar refractivity (Wildman–Crippen MR) is 214 cm³/mol. The monoisotopic (exact) mass is 777 g/mol. The smallest absolute Gasteiger partial charge is 0.330 e. The van der Waals surface area contributed by atoms with E-state index in [0.29, 0.717) is 18.8 Å². The number of fused-ring (bicyclic) bond motifs is 2. The minimum Gasteiger partial charge on any atom is -0.458 e. The van der Waals surface area contributed by atoms with Gasteiger partial charge in [0.05, 0.1) is 36.6 Å². The van der Waals surface area contributed by atoms with E-state index in [4.69, 9.17) is 14.2 Å². The molecule has 3 aliphatic rings. The number of ether oxygens (including phenoxy) is 3. The largest absolute Gasteiger partial charge is 0.458 e. The molecule has 0 aromatic rings. The lowest BCUT2D eigenvalue weighted by Crippen LogP contribution is -2.62. The average Bonchev–Trinajstić information content (AvgIpc) is 3.16. The van der Waals surface area contributed by atoms with Crippen molar-refractivity contribution in [3.05, 3.63) is 24.3 Å². The molecule has 0 unspecified atom stereocenters. The van der Waals surface area contributed by atoms with Crippen LogP contribution in [0.3, 0.4) is 0 Å². The molecule has 2 fully saturated rings. The molecule has 0 aromatic carbocycles. The fourth-order valence-corrected chi connectivity index (χ4v) is 9.24. The number of ketones is 2. The summed E-state index contributed by atoms with van der Waals surface area (Å²) < 4.78 is 20.1. The van der Waals surface area contributed by atoms with E-state index in [1.165, 1.54) is 6.08 Å². The molecule has 4 N–H and O–H groups in total. The van der Waals surface area contributed by atoms with Crippen molar-refractivity contribution in [1.29, 1.82) is 0 Å². The highest BCUT2D eigenvalue weighted by atomic mass is 16.7. The molecule has 0 amide bonds. The molecule has 18 atom stereocenters. The SMILES string of the molecule is CC[C@H]1/C=C/CCC[C@@H](C)[C@H](O)[C@H](C)C(=O)[C@@H](C)[C@H](O)[C@@H](C)C(=O)[C@@H](C)[C@H](O)[C@@H](C)/C=C/C(=O)O[C@@H]2[C@H](C)[C@H](CC1)O[C@]1(CC[C@H](C)[C@H](C[C@@H](C)O)O1)[C@H]2C. The lowest BCUT2D eigenvalue weighted by atomic mass is 9.74. The number of carbonyl (C=O) groups excluding carboxylic acids is 3. The molecule has 316 valence electrons. The molecule has 0 aliphatic carbocycles. The molecule has 1 spiro atoms. The fraction of sp³-hybridized carbons (Fsp3) is 0.844.